The summed E-state index contributed by atoms with van der Waals surface area (Å²) in [5.41, 5.74) is -0.403. The molecule has 0 aliphatic carbocycles. The van der Waals surface area contributed by atoms with E-state index in [-0.39, 0.29) is 11.9 Å². The standard InChI is InChI=1S/C11H22N2O2S/c1-5-11(3)10(14)13(8-12-11)9(2)6-7-16(4)15/h9,12H,5-8H2,1-4H3. The largest absolute Gasteiger partial charge is 0.326 e. The average molecular weight is 246 g/mol. The van der Waals surface area contributed by atoms with Crippen molar-refractivity contribution in [3.05, 3.63) is 0 Å². The minimum absolute atomic E-state index is 0.164. The number of nitrogens with zero attached hydrogens (tertiary/aromatic N) is 1. The third kappa shape index (κ3) is 2.83. The number of nitrogens with one attached hydrogen (secondary N) is 1. The summed E-state index contributed by atoms with van der Waals surface area (Å²) in [7, 11) is -0.777. The lowest BCUT2D eigenvalue weighted by Gasteiger charge is -2.25. The fourth-order valence-electron chi connectivity index (χ4n) is 1.85. The van der Waals surface area contributed by atoms with E-state index in [4.69, 9.17) is 0 Å². The second-order valence-electron chi connectivity index (χ2n) is 4.71. The highest BCUT2D eigenvalue weighted by Gasteiger charge is 2.42. The molecule has 1 saturated heterocycles. The van der Waals surface area contributed by atoms with Crippen molar-refractivity contribution in [3.8, 4) is 0 Å². The van der Waals surface area contributed by atoms with Crippen molar-refractivity contribution in [2.24, 2.45) is 0 Å². The zero-order valence-electron chi connectivity index (χ0n) is 10.6. The number of carbonyl (C=O) groups is 1. The van der Waals surface area contributed by atoms with E-state index in [2.05, 4.69) is 5.32 Å². The molecule has 0 saturated carbocycles. The molecule has 1 heterocycles. The van der Waals surface area contributed by atoms with Crippen LogP contribution in [0, 0.1) is 0 Å². The van der Waals surface area contributed by atoms with Gasteiger partial charge in [-0.15, -0.1) is 0 Å². The number of hydrogen-bond acceptors (Lipinski definition) is 3. The monoisotopic (exact) mass is 246 g/mol. The van der Waals surface area contributed by atoms with Gasteiger partial charge in [0.2, 0.25) is 5.91 Å². The predicted molar refractivity (Wildman–Crippen MR) is 66.6 cm³/mol. The maximum atomic E-state index is 12.1. The Balaban J connectivity index is 2.56. The van der Waals surface area contributed by atoms with E-state index >= 15 is 0 Å². The van der Waals surface area contributed by atoms with Crippen LogP contribution in [0.1, 0.15) is 33.6 Å². The minimum atomic E-state index is -0.777. The van der Waals surface area contributed by atoms with Crippen LogP contribution in [-0.4, -0.2) is 45.3 Å². The van der Waals surface area contributed by atoms with Crippen LogP contribution in [0.4, 0.5) is 0 Å². The molecule has 1 N–H and O–H groups in total. The molecule has 5 heteroatoms. The highest BCUT2D eigenvalue weighted by Crippen LogP contribution is 2.22. The van der Waals surface area contributed by atoms with Gasteiger partial charge < -0.3 is 4.90 Å². The van der Waals surface area contributed by atoms with Crippen molar-refractivity contribution >= 4 is 16.7 Å². The molecule has 3 unspecified atom stereocenters. The van der Waals surface area contributed by atoms with E-state index in [9.17, 15) is 9.00 Å². The molecule has 0 aromatic rings. The molecule has 1 amide bonds. The van der Waals surface area contributed by atoms with E-state index in [0.717, 1.165) is 12.8 Å². The average Bonchev–Trinajstić information content (AvgIpc) is 2.53. The summed E-state index contributed by atoms with van der Waals surface area (Å²) in [6.45, 7) is 6.59. The Bertz CT molecular complexity index is 296. The number of amides is 1. The van der Waals surface area contributed by atoms with Crippen molar-refractivity contribution in [1.82, 2.24) is 10.2 Å². The summed E-state index contributed by atoms with van der Waals surface area (Å²) in [6.07, 6.45) is 3.30. The molecule has 4 nitrogen and oxygen atoms in total. The van der Waals surface area contributed by atoms with Crippen LogP contribution in [0.5, 0.6) is 0 Å². The Morgan fingerprint density at radius 3 is 2.69 bits per heavy atom. The maximum Gasteiger partial charge on any atom is 0.243 e. The van der Waals surface area contributed by atoms with Gasteiger partial charge in [-0.3, -0.25) is 14.3 Å². The molecule has 16 heavy (non-hydrogen) atoms. The van der Waals surface area contributed by atoms with Gasteiger partial charge in [-0.2, -0.15) is 0 Å². The van der Waals surface area contributed by atoms with Gasteiger partial charge in [-0.05, 0) is 26.7 Å². The van der Waals surface area contributed by atoms with Gasteiger partial charge in [0.25, 0.3) is 0 Å². The first kappa shape index (κ1) is 13.6. The molecule has 0 radical (unpaired) electrons. The molecular formula is C11H22N2O2S. The minimum Gasteiger partial charge on any atom is -0.326 e. The highest BCUT2D eigenvalue weighted by atomic mass is 32.2. The van der Waals surface area contributed by atoms with Crippen molar-refractivity contribution in [1.29, 1.82) is 0 Å². The summed E-state index contributed by atoms with van der Waals surface area (Å²) in [4.78, 5) is 14.0. The third-order valence-corrected chi connectivity index (χ3v) is 4.25. The first-order valence-corrected chi connectivity index (χ1v) is 7.49. The van der Waals surface area contributed by atoms with Crippen molar-refractivity contribution in [2.45, 2.75) is 45.2 Å². The fourth-order valence-corrected chi connectivity index (χ4v) is 2.52. The van der Waals surface area contributed by atoms with E-state index < -0.39 is 16.3 Å². The van der Waals surface area contributed by atoms with Gasteiger partial charge in [0.1, 0.15) is 0 Å². The normalized spacial score (nSPS) is 29.5. The van der Waals surface area contributed by atoms with Gasteiger partial charge >= 0.3 is 0 Å². The van der Waals surface area contributed by atoms with Crippen molar-refractivity contribution in [3.63, 3.8) is 0 Å². The van der Waals surface area contributed by atoms with Crippen LogP contribution in [0.15, 0.2) is 0 Å². The van der Waals surface area contributed by atoms with Crippen LogP contribution in [0.3, 0.4) is 0 Å². The summed E-state index contributed by atoms with van der Waals surface area (Å²) in [5.74, 6) is 0.831. The lowest BCUT2D eigenvalue weighted by molar-refractivity contribution is -0.133. The molecule has 0 spiro atoms. The Kier molecular flexibility index (Phi) is 4.50. The van der Waals surface area contributed by atoms with Gasteiger partial charge in [-0.1, -0.05) is 6.92 Å². The van der Waals surface area contributed by atoms with Gasteiger partial charge in [0.05, 0.1) is 12.2 Å². The van der Waals surface area contributed by atoms with Gasteiger partial charge in [0.15, 0.2) is 0 Å². The smallest absolute Gasteiger partial charge is 0.243 e. The first-order chi connectivity index (χ1) is 7.40. The maximum absolute atomic E-state index is 12.1. The zero-order valence-corrected chi connectivity index (χ0v) is 11.4. The SMILES string of the molecule is CCC1(C)NCN(C(C)CCS(C)=O)C1=O. The lowest BCUT2D eigenvalue weighted by atomic mass is 9.99. The summed E-state index contributed by atoms with van der Waals surface area (Å²) < 4.78 is 11.0. The van der Waals surface area contributed by atoms with Crippen LogP contribution in [0.25, 0.3) is 0 Å². The van der Waals surface area contributed by atoms with Crippen molar-refractivity contribution in [2.75, 3.05) is 18.7 Å². The third-order valence-electron chi connectivity index (χ3n) is 3.43. The quantitative estimate of drug-likeness (QED) is 0.777. The predicted octanol–water partition coefficient (Wildman–Crippen LogP) is 0.702. The lowest BCUT2D eigenvalue weighted by Crippen LogP contribution is -2.44. The van der Waals surface area contributed by atoms with E-state index in [1.807, 2.05) is 25.7 Å². The molecule has 94 valence electrons. The van der Waals surface area contributed by atoms with Crippen LogP contribution >= 0.6 is 0 Å². The second-order valence-corrected chi connectivity index (χ2v) is 6.27. The molecule has 0 bridgehead atoms. The van der Waals surface area contributed by atoms with Gasteiger partial charge in [-0.25, -0.2) is 0 Å². The molecule has 1 aliphatic heterocycles. The Morgan fingerprint density at radius 2 is 2.25 bits per heavy atom. The fraction of sp³-hybridized carbons (Fsp3) is 0.909. The molecule has 1 aliphatic rings. The zero-order chi connectivity index (χ0) is 12.3. The van der Waals surface area contributed by atoms with E-state index in [0.29, 0.717) is 12.4 Å². The van der Waals surface area contributed by atoms with Crippen LogP contribution in [-0.2, 0) is 15.6 Å². The number of rotatable bonds is 5. The molecule has 1 fully saturated rings. The topological polar surface area (TPSA) is 49.4 Å². The molecule has 0 aromatic carbocycles. The Hall–Kier alpha value is -0.420. The summed E-state index contributed by atoms with van der Waals surface area (Å²) in [6, 6.07) is 0.164. The van der Waals surface area contributed by atoms with Gasteiger partial charge in [0, 0.05) is 28.9 Å². The number of carbonyl (C=O) groups excluding carboxylic acids is 1. The first-order valence-electron chi connectivity index (χ1n) is 5.77. The summed E-state index contributed by atoms with van der Waals surface area (Å²) in [5, 5.41) is 3.25. The molecule has 3 atom stereocenters. The number of hydrogen-bond donors (Lipinski definition) is 1. The molecular weight excluding hydrogens is 224 g/mol. The molecule has 0 aromatic heterocycles. The van der Waals surface area contributed by atoms with Crippen molar-refractivity contribution < 1.29 is 9.00 Å². The van der Waals surface area contributed by atoms with Crippen LogP contribution in [0.2, 0.25) is 0 Å². The second kappa shape index (κ2) is 5.27. The Labute approximate surface area is 100 Å². The van der Waals surface area contributed by atoms with E-state index in [1.54, 1.807) is 6.26 Å². The molecule has 1 rings (SSSR count). The van der Waals surface area contributed by atoms with Crippen LogP contribution < -0.4 is 5.32 Å². The van der Waals surface area contributed by atoms with E-state index in [1.165, 1.54) is 0 Å². The summed E-state index contributed by atoms with van der Waals surface area (Å²) >= 11 is 0. The highest BCUT2D eigenvalue weighted by molar-refractivity contribution is 7.84. The Morgan fingerprint density at radius 1 is 1.62 bits per heavy atom.